The van der Waals surface area contributed by atoms with Crippen LogP contribution in [0.15, 0.2) is 151 Å². The zero-order valence-corrected chi connectivity index (χ0v) is 48.5. The van der Waals surface area contributed by atoms with E-state index in [0.717, 1.165) is 51.6 Å². The first-order valence-corrected chi connectivity index (χ1v) is 27.0. The van der Waals surface area contributed by atoms with Crippen LogP contribution < -0.4 is 29.1 Å². The first-order valence-electron chi connectivity index (χ1n) is 25.3. The molecule has 2 aliphatic heterocycles. The molecule has 0 saturated carbocycles. The number of thioether (sulfide) groups is 2. The average molecular weight is 1250 g/mol. The van der Waals surface area contributed by atoms with Gasteiger partial charge in [-0.15, -0.1) is 48.0 Å². The van der Waals surface area contributed by atoms with Gasteiger partial charge in [0.2, 0.25) is 11.0 Å². The van der Waals surface area contributed by atoms with Crippen molar-refractivity contribution in [2.75, 3.05) is 76.6 Å². The van der Waals surface area contributed by atoms with Gasteiger partial charge in [0.25, 0.3) is 0 Å². The molecule has 0 saturated heterocycles. The lowest BCUT2D eigenvalue weighted by Gasteiger charge is -2.13. The number of pyridine rings is 2. The molecule has 0 N–H and O–H groups in total. The van der Waals surface area contributed by atoms with Gasteiger partial charge in [-0.2, -0.15) is 9.13 Å². The summed E-state index contributed by atoms with van der Waals surface area (Å²) < 4.78 is 21.6. The first kappa shape index (κ1) is 58.0. The van der Waals surface area contributed by atoms with Crippen molar-refractivity contribution in [3.63, 3.8) is 0 Å². The number of rotatable bonds is 28. The molecule has 11 nitrogen and oxygen atoms in total. The summed E-state index contributed by atoms with van der Waals surface area (Å²) in [6, 6.07) is 38.7. The molecule has 0 spiro atoms. The minimum atomic E-state index is -0.0258. The van der Waals surface area contributed by atoms with Crippen molar-refractivity contribution in [1.82, 2.24) is 0 Å². The van der Waals surface area contributed by atoms with Gasteiger partial charge in [-0.25, -0.2) is 0 Å². The summed E-state index contributed by atoms with van der Waals surface area (Å²) >= 11 is 3.62. The Kier molecular flexibility index (Phi) is 24.6. The van der Waals surface area contributed by atoms with Crippen LogP contribution >= 0.6 is 71.5 Å². The van der Waals surface area contributed by atoms with E-state index < -0.39 is 0 Å². The highest BCUT2D eigenvalue weighted by Crippen LogP contribution is 2.46. The van der Waals surface area contributed by atoms with E-state index in [4.69, 9.17) is 14.2 Å². The number of halogens is 2. The van der Waals surface area contributed by atoms with Crippen LogP contribution in [0.4, 0.5) is 11.4 Å². The summed E-state index contributed by atoms with van der Waals surface area (Å²) in [4.78, 5) is 15.6. The molecular formula is C58H70I2N6O5S2. The SMILES string of the molecule is CN1/C(=C/c2cc[n+](CCCCCC([O-])=NCCCOCCOCCOCCCN=C([O-])CCCCC[n+]3ccc(/C=C4/Sc5ccccc5N4C)c4ccccc43)c3ccccc23)Sc2ccccc21.I.I. The molecule has 15 heteroatoms. The number of aromatic nitrogens is 2. The lowest BCUT2D eigenvalue weighted by atomic mass is 10.1. The number of aryl methyl sites for hydroxylation is 2. The molecule has 4 heterocycles. The Labute approximate surface area is 474 Å². The number of ether oxygens (including phenoxy) is 3. The lowest BCUT2D eigenvalue weighted by Crippen LogP contribution is -2.34. The van der Waals surface area contributed by atoms with Crippen molar-refractivity contribution < 1.29 is 33.6 Å². The summed E-state index contributed by atoms with van der Waals surface area (Å²) in [5.74, 6) is -0.0517. The number of benzene rings is 4. The Morgan fingerprint density at radius 3 is 1.33 bits per heavy atom. The van der Waals surface area contributed by atoms with Crippen LogP contribution in [0.1, 0.15) is 75.3 Å². The van der Waals surface area contributed by atoms with Gasteiger partial charge >= 0.3 is 0 Å². The van der Waals surface area contributed by atoms with Gasteiger partial charge in [-0.3, -0.25) is 0 Å². The van der Waals surface area contributed by atoms with Crippen molar-refractivity contribution >= 4 is 129 Å². The van der Waals surface area contributed by atoms with Crippen LogP contribution in [0.5, 0.6) is 0 Å². The van der Waals surface area contributed by atoms with Gasteiger partial charge in [-0.05, 0) is 123 Å². The fraction of sp³-hybridized carbons (Fsp3) is 0.379. The minimum absolute atomic E-state index is 0. The Morgan fingerprint density at radius 1 is 0.493 bits per heavy atom. The number of aliphatic imine (C=N–C) groups is 2. The number of nitrogens with zero attached hydrogens (tertiary/aromatic N) is 6. The van der Waals surface area contributed by atoms with Gasteiger partial charge in [0.15, 0.2) is 12.4 Å². The third kappa shape index (κ3) is 16.9. The zero-order valence-electron chi connectivity index (χ0n) is 42.2. The molecular weight excluding hydrogens is 1180 g/mol. The van der Waals surface area contributed by atoms with Gasteiger partial charge < -0.3 is 44.2 Å². The summed E-state index contributed by atoms with van der Waals surface area (Å²) in [6.07, 6.45) is 17.0. The molecule has 388 valence electrons. The lowest BCUT2D eigenvalue weighted by molar-refractivity contribution is -0.672. The quantitative estimate of drug-likeness (QED) is 0.0156. The third-order valence-corrected chi connectivity index (χ3v) is 15.1. The van der Waals surface area contributed by atoms with E-state index >= 15 is 0 Å². The largest absolute Gasteiger partial charge is 0.862 e. The second-order valence-electron chi connectivity index (χ2n) is 17.9. The molecule has 4 aromatic carbocycles. The van der Waals surface area contributed by atoms with Crippen molar-refractivity contribution in [2.45, 2.75) is 87.1 Å². The number of hydrogen-bond donors (Lipinski definition) is 0. The molecule has 2 aliphatic rings. The Balaban J connectivity index is 0.00000435. The molecule has 0 bridgehead atoms. The average Bonchev–Trinajstić information content (AvgIpc) is 3.89. The number of anilines is 2. The summed E-state index contributed by atoms with van der Waals surface area (Å²) in [7, 11) is 4.26. The van der Waals surface area contributed by atoms with E-state index in [2.05, 4.69) is 177 Å². The highest BCUT2D eigenvalue weighted by Gasteiger charge is 2.24. The Hall–Kier alpha value is -4.24. The van der Waals surface area contributed by atoms with Gasteiger partial charge in [0.1, 0.15) is 13.1 Å². The molecule has 0 radical (unpaired) electrons. The van der Waals surface area contributed by atoms with Crippen LogP contribution in [-0.2, 0) is 27.3 Å². The highest BCUT2D eigenvalue weighted by molar-refractivity contribution is 14.0. The van der Waals surface area contributed by atoms with Crippen LogP contribution in [-0.4, -0.2) is 78.6 Å². The highest BCUT2D eigenvalue weighted by atomic mass is 127. The number of hydrogen-bond acceptors (Lipinski definition) is 11. The van der Waals surface area contributed by atoms with Crippen molar-refractivity contribution in [2.24, 2.45) is 9.98 Å². The molecule has 8 rings (SSSR count). The maximum Gasteiger partial charge on any atom is 0.213 e. The molecule has 0 unspecified atom stereocenters. The van der Waals surface area contributed by atoms with Gasteiger partial charge in [0.05, 0.1) is 58.6 Å². The van der Waals surface area contributed by atoms with Crippen molar-refractivity contribution in [1.29, 1.82) is 0 Å². The zero-order chi connectivity index (χ0) is 49.0. The van der Waals surface area contributed by atoms with Crippen LogP contribution in [0.25, 0.3) is 34.0 Å². The standard InChI is InChI=1S/C58H68N6O5S2.2HI/c1-61-51-23-11-13-25-53(51)70-57(61)43-45-29-35-63(49-21-9-7-19-47(45)49)33-15-3-5-27-55(65)59-31-17-37-67-39-41-69-42-40-68-38-18-32-60-56(66)28-6-4-16-34-64-36-30-46(48-20-8-10-22-50(48)64)44-58-62(2)52-24-12-14-26-54(52)71-58;;/h7-14,19-26,29-30,35-36,43-44H,3-6,15-18,27-28,31-34,37-42H2,1-2H3;2*1H. The van der Waals surface area contributed by atoms with E-state index in [1.54, 1.807) is 0 Å². The van der Waals surface area contributed by atoms with Crippen LogP contribution in [0, 0.1) is 0 Å². The van der Waals surface area contributed by atoms with E-state index in [1.807, 2.05) is 23.5 Å². The van der Waals surface area contributed by atoms with E-state index in [1.165, 1.54) is 64.2 Å². The number of para-hydroxylation sites is 4. The summed E-state index contributed by atoms with van der Waals surface area (Å²) in [5.41, 5.74) is 7.36. The first-order chi connectivity index (χ1) is 34.9. The molecule has 2 aromatic heterocycles. The maximum absolute atomic E-state index is 12.4. The van der Waals surface area contributed by atoms with E-state index in [9.17, 15) is 10.2 Å². The Bertz CT molecular complexity index is 2640. The van der Waals surface area contributed by atoms with Gasteiger partial charge in [0, 0.05) is 87.3 Å². The van der Waals surface area contributed by atoms with Crippen LogP contribution in [0.2, 0.25) is 0 Å². The summed E-state index contributed by atoms with van der Waals surface area (Å²) in [6.45, 7) is 5.81. The third-order valence-electron chi connectivity index (χ3n) is 12.8. The smallest absolute Gasteiger partial charge is 0.213 e. The van der Waals surface area contributed by atoms with Gasteiger partial charge in [-0.1, -0.05) is 72.1 Å². The normalized spacial score (nSPS) is 14.5. The number of unbranched alkanes of at least 4 members (excludes halogenated alkanes) is 4. The predicted octanol–water partition coefficient (Wildman–Crippen LogP) is 11.1. The van der Waals surface area contributed by atoms with Crippen LogP contribution in [0.3, 0.4) is 0 Å². The van der Waals surface area contributed by atoms with E-state index in [0.29, 0.717) is 78.4 Å². The fourth-order valence-electron chi connectivity index (χ4n) is 8.93. The van der Waals surface area contributed by atoms with E-state index in [-0.39, 0.29) is 59.7 Å². The minimum Gasteiger partial charge on any atom is -0.862 e. The second-order valence-corrected chi connectivity index (χ2v) is 20.0. The molecule has 0 atom stereocenters. The Morgan fingerprint density at radius 2 is 0.890 bits per heavy atom. The van der Waals surface area contributed by atoms with Crippen molar-refractivity contribution in [3.05, 3.63) is 143 Å². The fourth-order valence-corrected chi connectivity index (χ4v) is 11.1. The van der Waals surface area contributed by atoms with Crippen molar-refractivity contribution in [3.8, 4) is 0 Å². The topological polar surface area (TPSA) is 113 Å². The monoisotopic (exact) mass is 1250 g/mol. The maximum atomic E-state index is 12.4. The molecule has 6 aromatic rings. The summed E-state index contributed by atoms with van der Waals surface area (Å²) in [5, 5.41) is 29.7. The molecule has 0 fully saturated rings. The molecule has 73 heavy (non-hydrogen) atoms. The second kappa shape index (κ2) is 31.0. The molecule has 0 aliphatic carbocycles. The predicted molar refractivity (Wildman–Crippen MR) is 320 cm³/mol. The molecule has 0 amide bonds. The number of fused-ring (bicyclic) bond motifs is 4.